The molecule has 1 saturated heterocycles. The maximum atomic E-state index is 4.40. The average molecular weight is 194 g/mol. The summed E-state index contributed by atoms with van der Waals surface area (Å²) in [4.78, 5) is 10.1. The van der Waals surface area contributed by atoms with Crippen molar-refractivity contribution in [1.82, 2.24) is 15.3 Å². The lowest BCUT2D eigenvalue weighted by molar-refractivity contribution is 0.636. The van der Waals surface area contributed by atoms with Crippen LogP contribution in [-0.4, -0.2) is 30.1 Å². The van der Waals surface area contributed by atoms with Crippen LogP contribution < -0.4 is 10.2 Å². The van der Waals surface area contributed by atoms with Crippen LogP contribution in [0.1, 0.15) is 31.5 Å². The highest BCUT2D eigenvalue weighted by atomic mass is 15.3. The predicted molar refractivity (Wildman–Crippen MR) is 57.5 cm³/mol. The van der Waals surface area contributed by atoms with Gasteiger partial charge in [0.05, 0.1) is 11.9 Å². The molecule has 1 aliphatic rings. The summed E-state index contributed by atoms with van der Waals surface area (Å²) < 4.78 is 0. The second kappa shape index (κ2) is 4.00. The van der Waals surface area contributed by atoms with E-state index in [1.54, 1.807) is 0 Å². The van der Waals surface area contributed by atoms with Crippen LogP contribution in [0.3, 0.4) is 0 Å². The molecule has 0 amide bonds. The molecule has 78 valence electrons. The molecule has 0 aromatic carbocycles. The zero-order valence-electron chi connectivity index (χ0n) is 8.88. The number of aromatic amines is 1. The van der Waals surface area contributed by atoms with Crippen LogP contribution in [0.15, 0.2) is 6.20 Å². The predicted octanol–water partition coefficient (Wildman–Crippen LogP) is 1.29. The molecule has 4 heteroatoms. The fourth-order valence-electron chi connectivity index (χ4n) is 1.79. The van der Waals surface area contributed by atoms with Gasteiger partial charge < -0.3 is 15.2 Å². The third-order valence-electron chi connectivity index (χ3n) is 2.89. The van der Waals surface area contributed by atoms with E-state index in [4.69, 9.17) is 0 Å². The SMILES string of the molecule is CNC(C)c1cnc(N2CCCC2)[nH]1. The lowest BCUT2D eigenvalue weighted by Gasteiger charge is -2.13. The van der Waals surface area contributed by atoms with Gasteiger partial charge in [-0.05, 0) is 26.8 Å². The first-order valence-electron chi connectivity index (χ1n) is 5.28. The summed E-state index contributed by atoms with van der Waals surface area (Å²) in [6.07, 6.45) is 4.50. The van der Waals surface area contributed by atoms with Gasteiger partial charge in [-0.2, -0.15) is 0 Å². The number of rotatable bonds is 3. The molecular weight excluding hydrogens is 176 g/mol. The minimum Gasteiger partial charge on any atom is -0.342 e. The van der Waals surface area contributed by atoms with Gasteiger partial charge in [0, 0.05) is 19.1 Å². The molecule has 1 aromatic heterocycles. The minimum atomic E-state index is 0.346. The number of anilines is 1. The molecule has 1 atom stereocenters. The average Bonchev–Trinajstić information content (AvgIpc) is 2.86. The molecule has 0 saturated carbocycles. The van der Waals surface area contributed by atoms with Crippen LogP contribution in [0.5, 0.6) is 0 Å². The summed E-state index contributed by atoms with van der Waals surface area (Å²) in [5, 5.41) is 3.20. The Bertz CT molecular complexity index is 288. The Morgan fingerprint density at radius 1 is 1.50 bits per heavy atom. The molecular formula is C10H18N4. The van der Waals surface area contributed by atoms with E-state index < -0.39 is 0 Å². The van der Waals surface area contributed by atoms with Crippen molar-refractivity contribution in [1.29, 1.82) is 0 Å². The van der Waals surface area contributed by atoms with Crippen molar-refractivity contribution in [3.8, 4) is 0 Å². The third kappa shape index (κ3) is 1.75. The lowest BCUT2D eigenvalue weighted by atomic mass is 10.3. The molecule has 1 aromatic rings. The van der Waals surface area contributed by atoms with Crippen LogP contribution in [0, 0.1) is 0 Å². The molecule has 2 rings (SSSR count). The Balaban J connectivity index is 2.08. The standard InChI is InChI=1S/C10H18N4/c1-8(11-2)9-7-12-10(13-9)14-5-3-4-6-14/h7-8,11H,3-6H2,1-2H3,(H,12,13). The van der Waals surface area contributed by atoms with E-state index in [1.165, 1.54) is 12.8 Å². The zero-order chi connectivity index (χ0) is 9.97. The summed E-state index contributed by atoms with van der Waals surface area (Å²) in [6.45, 7) is 4.41. The Kier molecular flexibility index (Phi) is 2.72. The number of aromatic nitrogens is 2. The van der Waals surface area contributed by atoms with Crippen LogP contribution in [0.4, 0.5) is 5.95 Å². The van der Waals surface area contributed by atoms with Crippen LogP contribution in [0.25, 0.3) is 0 Å². The van der Waals surface area contributed by atoms with Gasteiger partial charge in [0.2, 0.25) is 5.95 Å². The van der Waals surface area contributed by atoms with Gasteiger partial charge >= 0.3 is 0 Å². The maximum absolute atomic E-state index is 4.40. The molecule has 1 aliphatic heterocycles. The van der Waals surface area contributed by atoms with E-state index >= 15 is 0 Å². The van der Waals surface area contributed by atoms with Crippen molar-refractivity contribution in [3.05, 3.63) is 11.9 Å². The van der Waals surface area contributed by atoms with Crippen LogP contribution >= 0.6 is 0 Å². The van der Waals surface area contributed by atoms with Crippen molar-refractivity contribution < 1.29 is 0 Å². The third-order valence-corrected chi connectivity index (χ3v) is 2.89. The number of hydrogen-bond acceptors (Lipinski definition) is 3. The Morgan fingerprint density at radius 2 is 2.21 bits per heavy atom. The molecule has 14 heavy (non-hydrogen) atoms. The van der Waals surface area contributed by atoms with Gasteiger partial charge in [0.1, 0.15) is 0 Å². The highest BCUT2D eigenvalue weighted by Crippen LogP contribution is 2.18. The van der Waals surface area contributed by atoms with Crippen molar-refractivity contribution in [2.24, 2.45) is 0 Å². The number of imidazole rings is 1. The summed E-state index contributed by atoms with van der Waals surface area (Å²) in [5.74, 6) is 1.03. The highest BCUT2D eigenvalue weighted by Gasteiger charge is 2.16. The second-order valence-electron chi connectivity index (χ2n) is 3.87. The van der Waals surface area contributed by atoms with Crippen molar-refractivity contribution in [3.63, 3.8) is 0 Å². The van der Waals surface area contributed by atoms with E-state index in [-0.39, 0.29) is 0 Å². The summed E-state index contributed by atoms with van der Waals surface area (Å²) in [5.41, 5.74) is 1.16. The maximum Gasteiger partial charge on any atom is 0.203 e. The van der Waals surface area contributed by atoms with Gasteiger partial charge in [-0.3, -0.25) is 0 Å². The zero-order valence-corrected chi connectivity index (χ0v) is 8.88. The topological polar surface area (TPSA) is 44.0 Å². The number of hydrogen-bond donors (Lipinski definition) is 2. The molecule has 1 unspecified atom stereocenters. The van der Waals surface area contributed by atoms with Crippen LogP contribution in [-0.2, 0) is 0 Å². The van der Waals surface area contributed by atoms with E-state index in [1.807, 2.05) is 13.2 Å². The molecule has 0 aliphatic carbocycles. The van der Waals surface area contributed by atoms with Gasteiger partial charge in [-0.25, -0.2) is 4.98 Å². The van der Waals surface area contributed by atoms with Crippen LogP contribution in [0.2, 0.25) is 0 Å². The van der Waals surface area contributed by atoms with Crippen molar-refractivity contribution in [2.75, 3.05) is 25.0 Å². The normalized spacial score (nSPS) is 18.9. The number of nitrogens with one attached hydrogen (secondary N) is 2. The van der Waals surface area contributed by atoms with Gasteiger partial charge in [0.25, 0.3) is 0 Å². The van der Waals surface area contributed by atoms with Crippen molar-refractivity contribution in [2.45, 2.75) is 25.8 Å². The van der Waals surface area contributed by atoms with E-state index in [0.29, 0.717) is 6.04 Å². The Morgan fingerprint density at radius 3 is 2.86 bits per heavy atom. The van der Waals surface area contributed by atoms with E-state index in [9.17, 15) is 0 Å². The number of nitrogens with zero attached hydrogens (tertiary/aromatic N) is 2. The first kappa shape index (κ1) is 9.52. The summed E-state index contributed by atoms with van der Waals surface area (Å²) in [7, 11) is 1.96. The Labute approximate surface area is 84.7 Å². The smallest absolute Gasteiger partial charge is 0.203 e. The Hall–Kier alpha value is -1.03. The van der Waals surface area contributed by atoms with Gasteiger partial charge in [-0.1, -0.05) is 0 Å². The highest BCUT2D eigenvalue weighted by molar-refractivity contribution is 5.33. The minimum absolute atomic E-state index is 0.346. The fraction of sp³-hybridized carbons (Fsp3) is 0.700. The lowest BCUT2D eigenvalue weighted by Crippen LogP contribution is -2.19. The summed E-state index contributed by atoms with van der Waals surface area (Å²) >= 11 is 0. The quantitative estimate of drug-likeness (QED) is 0.762. The fourth-order valence-corrected chi connectivity index (χ4v) is 1.79. The molecule has 2 heterocycles. The molecule has 0 radical (unpaired) electrons. The first-order valence-corrected chi connectivity index (χ1v) is 5.28. The van der Waals surface area contributed by atoms with E-state index in [0.717, 1.165) is 24.7 Å². The molecule has 0 bridgehead atoms. The summed E-state index contributed by atoms with van der Waals surface area (Å²) in [6, 6.07) is 0.346. The molecule has 1 fully saturated rings. The second-order valence-corrected chi connectivity index (χ2v) is 3.87. The largest absolute Gasteiger partial charge is 0.342 e. The number of H-pyrrole nitrogens is 1. The van der Waals surface area contributed by atoms with Gasteiger partial charge in [0.15, 0.2) is 0 Å². The molecule has 2 N–H and O–H groups in total. The molecule has 4 nitrogen and oxygen atoms in total. The first-order chi connectivity index (χ1) is 6.81. The monoisotopic (exact) mass is 194 g/mol. The van der Waals surface area contributed by atoms with Gasteiger partial charge in [-0.15, -0.1) is 0 Å². The van der Waals surface area contributed by atoms with E-state index in [2.05, 4.69) is 27.1 Å². The van der Waals surface area contributed by atoms with Crippen molar-refractivity contribution >= 4 is 5.95 Å². The molecule has 0 spiro atoms.